The maximum atomic E-state index is 10.5. The van der Waals surface area contributed by atoms with E-state index in [1.165, 1.54) is 12.1 Å². The van der Waals surface area contributed by atoms with E-state index in [2.05, 4.69) is 15.6 Å². The van der Waals surface area contributed by atoms with Crippen molar-refractivity contribution < 1.29 is 4.92 Å². The largest absolute Gasteiger partial charge is 0.331 e. The number of aromatic nitrogens is 1. The molecule has 2 aromatic rings. The minimum absolute atomic E-state index is 0.0828. The number of halogens is 1. The van der Waals surface area contributed by atoms with E-state index >= 15 is 0 Å². The predicted molar refractivity (Wildman–Crippen MR) is 82.2 cm³/mol. The Morgan fingerprint density at radius 2 is 2.00 bits per heavy atom. The highest BCUT2D eigenvalue weighted by atomic mass is 35.5. The van der Waals surface area contributed by atoms with Crippen LogP contribution in [0.1, 0.15) is 0 Å². The second-order valence-corrected chi connectivity index (χ2v) is 4.53. The van der Waals surface area contributed by atoms with Crippen molar-refractivity contribution in [3.05, 3.63) is 57.7 Å². The monoisotopic (exact) mass is 308 g/mol. The molecule has 0 amide bonds. The summed E-state index contributed by atoms with van der Waals surface area (Å²) in [6.07, 6.45) is 1.15. The quantitative estimate of drug-likeness (QED) is 0.513. The topological polar surface area (TPSA) is 80.1 Å². The van der Waals surface area contributed by atoms with Gasteiger partial charge in [-0.15, -0.1) is 0 Å². The standard InChI is InChI=1S/C12H9ClN4O2S/c13-9-3-1-2-4-10(9)15-12(20)16-11-6-5-8(7-14-11)17(18)19/h1-7H,(H2,14,15,16,20). The Labute approximate surface area is 124 Å². The SMILES string of the molecule is O=[N+]([O-])c1ccc(NC(=S)Nc2ccccc2Cl)nc1. The lowest BCUT2D eigenvalue weighted by Crippen LogP contribution is -2.19. The first-order valence-corrected chi connectivity index (χ1v) is 6.28. The minimum atomic E-state index is -0.517. The number of nitro groups is 1. The van der Waals surface area contributed by atoms with E-state index in [4.69, 9.17) is 23.8 Å². The molecule has 20 heavy (non-hydrogen) atoms. The van der Waals surface area contributed by atoms with Crippen LogP contribution in [0.4, 0.5) is 17.2 Å². The molecule has 0 spiro atoms. The van der Waals surface area contributed by atoms with E-state index in [0.29, 0.717) is 21.6 Å². The van der Waals surface area contributed by atoms with Crippen molar-refractivity contribution in [3.8, 4) is 0 Å². The van der Waals surface area contributed by atoms with E-state index in [1.54, 1.807) is 12.1 Å². The third kappa shape index (κ3) is 3.62. The Hall–Kier alpha value is -2.25. The fraction of sp³-hybridized carbons (Fsp3) is 0. The zero-order chi connectivity index (χ0) is 14.5. The fourth-order valence-electron chi connectivity index (χ4n) is 1.40. The van der Waals surface area contributed by atoms with Gasteiger partial charge in [-0.05, 0) is 30.4 Å². The Bertz CT molecular complexity index is 648. The Morgan fingerprint density at radius 3 is 2.60 bits per heavy atom. The molecule has 102 valence electrons. The molecule has 0 bridgehead atoms. The van der Waals surface area contributed by atoms with E-state index < -0.39 is 4.92 Å². The van der Waals surface area contributed by atoms with Crippen LogP contribution in [0.15, 0.2) is 42.6 Å². The van der Waals surface area contributed by atoms with Crippen LogP contribution >= 0.6 is 23.8 Å². The minimum Gasteiger partial charge on any atom is -0.331 e. The molecule has 8 heteroatoms. The first-order valence-electron chi connectivity index (χ1n) is 5.49. The maximum absolute atomic E-state index is 10.5. The summed E-state index contributed by atoms with van der Waals surface area (Å²) < 4.78 is 0. The molecule has 0 radical (unpaired) electrons. The van der Waals surface area contributed by atoms with Crippen LogP contribution in [0.25, 0.3) is 0 Å². The number of nitrogens with zero attached hydrogens (tertiary/aromatic N) is 2. The second-order valence-electron chi connectivity index (χ2n) is 3.72. The van der Waals surface area contributed by atoms with E-state index in [1.807, 2.05) is 12.1 Å². The van der Waals surface area contributed by atoms with Gasteiger partial charge >= 0.3 is 0 Å². The molecule has 1 aromatic heterocycles. The first-order chi connectivity index (χ1) is 9.56. The zero-order valence-electron chi connectivity index (χ0n) is 10.0. The van der Waals surface area contributed by atoms with Crippen LogP contribution < -0.4 is 10.6 Å². The lowest BCUT2D eigenvalue weighted by Gasteiger charge is -2.10. The average Bonchev–Trinajstić information content (AvgIpc) is 2.42. The van der Waals surface area contributed by atoms with Crippen LogP contribution in [0, 0.1) is 10.1 Å². The molecule has 6 nitrogen and oxygen atoms in total. The van der Waals surface area contributed by atoms with Crippen LogP contribution in [0.2, 0.25) is 5.02 Å². The number of hydrogen-bond donors (Lipinski definition) is 2. The van der Waals surface area contributed by atoms with Crippen molar-refractivity contribution in [1.29, 1.82) is 0 Å². The molecule has 2 N–H and O–H groups in total. The molecule has 1 heterocycles. The summed E-state index contributed by atoms with van der Waals surface area (Å²) in [5, 5.41) is 17.1. The maximum Gasteiger partial charge on any atom is 0.287 e. The van der Waals surface area contributed by atoms with Gasteiger partial charge in [0.2, 0.25) is 0 Å². The zero-order valence-corrected chi connectivity index (χ0v) is 11.6. The van der Waals surface area contributed by atoms with Crippen LogP contribution in [-0.4, -0.2) is 15.0 Å². The molecular weight excluding hydrogens is 300 g/mol. The van der Waals surface area contributed by atoms with Crippen molar-refractivity contribution in [1.82, 2.24) is 4.98 Å². The number of anilines is 2. The van der Waals surface area contributed by atoms with Gasteiger partial charge in [0.05, 0.1) is 15.6 Å². The molecule has 0 aliphatic rings. The number of thiocarbonyl (C=S) groups is 1. The molecule has 2 rings (SSSR count). The number of nitrogens with one attached hydrogen (secondary N) is 2. The van der Waals surface area contributed by atoms with Crippen LogP contribution in [0.3, 0.4) is 0 Å². The Morgan fingerprint density at radius 1 is 1.25 bits per heavy atom. The molecule has 0 atom stereocenters. The van der Waals surface area contributed by atoms with Crippen molar-refractivity contribution in [2.75, 3.05) is 10.6 Å². The van der Waals surface area contributed by atoms with E-state index in [-0.39, 0.29) is 5.69 Å². The van der Waals surface area contributed by atoms with Crippen molar-refractivity contribution in [2.24, 2.45) is 0 Å². The lowest BCUT2D eigenvalue weighted by molar-refractivity contribution is -0.385. The lowest BCUT2D eigenvalue weighted by atomic mass is 10.3. The molecule has 0 fully saturated rings. The van der Waals surface area contributed by atoms with Crippen molar-refractivity contribution >= 4 is 46.1 Å². The van der Waals surface area contributed by atoms with E-state index in [9.17, 15) is 10.1 Å². The fourth-order valence-corrected chi connectivity index (χ4v) is 1.80. The molecule has 0 aliphatic heterocycles. The number of rotatable bonds is 3. The summed E-state index contributed by atoms with van der Waals surface area (Å²) in [6, 6.07) is 9.95. The Kier molecular flexibility index (Phi) is 4.44. The summed E-state index contributed by atoms with van der Waals surface area (Å²) in [4.78, 5) is 13.9. The van der Waals surface area contributed by atoms with Gasteiger partial charge in [-0.1, -0.05) is 23.7 Å². The van der Waals surface area contributed by atoms with Gasteiger partial charge in [0.15, 0.2) is 5.11 Å². The third-order valence-electron chi connectivity index (χ3n) is 2.32. The van der Waals surface area contributed by atoms with Gasteiger partial charge in [-0.3, -0.25) is 10.1 Å². The molecular formula is C12H9ClN4O2S. The summed E-state index contributed by atoms with van der Waals surface area (Å²) >= 11 is 11.1. The summed E-state index contributed by atoms with van der Waals surface area (Å²) in [5.41, 5.74) is 0.578. The molecule has 0 aliphatic carbocycles. The van der Waals surface area contributed by atoms with Crippen LogP contribution in [-0.2, 0) is 0 Å². The van der Waals surface area contributed by atoms with Gasteiger partial charge in [0.1, 0.15) is 12.0 Å². The predicted octanol–water partition coefficient (Wildman–Crippen LogP) is 3.45. The van der Waals surface area contributed by atoms with Gasteiger partial charge in [0.25, 0.3) is 5.69 Å². The summed E-state index contributed by atoms with van der Waals surface area (Å²) in [6.45, 7) is 0. The highest BCUT2D eigenvalue weighted by Gasteiger charge is 2.07. The Balaban J connectivity index is 2.01. The number of pyridine rings is 1. The molecule has 0 saturated heterocycles. The molecule has 0 unspecified atom stereocenters. The average molecular weight is 309 g/mol. The first kappa shape index (κ1) is 14.2. The molecule has 0 saturated carbocycles. The van der Waals surface area contributed by atoms with Gasteiger partial charge in [0, 0.05) is 6.07 Å². The third-order valence-corrected chi connectivity index (χ3v) is 2.86. The van der Waals surface area contributed by atoms with Gasteiger partial charge in [-0.2, -0.15) is 0 Å². The second kappa shape index (κ2) is 6.27. The molecule has 1 aromatic carbocycles. The normalized spacial score (nSPS) is 9.85. The number of benzene rings is 1. The van der Waals surface area contributed by atoms with Gasteiger partial charge < -0.3 is 10.6 Å². The summed E-state index contributed by atoms with van der Waals surface area (Å²) in [7, 11) is 0. The van der Waals surface area contributed by atoms with E-state index in [0.717, 1.165) is 6.20 Å². The number of para-hydroxylation sites is 1. The number of hydrogen-bond acceptors (Lipinski definition) is 4. The van der Waals surface area contributed by atoms with Crippen molar-refractivity contribution in [2.45, 2.75) is 0 Å². The smallest absolute Gasteiger partial charge is 0.287 e. The van der Waals surface area contributed by atoms with Crippen molar-refractivity contribution in [3.63, 3.8) is 0 Å². The summed E-state index contributed by atoms with van der Waals surface area (Å²) in [5.74, 6) is 0.403. The highest BCUT2D eigenvalue weighted by Crippen LogP contribution is 2.20. The van der Waals surface area contributed by atoms with Crippen LogP contribution in [0.5, 0.6) is 0 Å². The highest BCUT2D eigenvalue weighted by molar-refractivity contribution is 7.80. The van der Waals surface area contributed by atoms with Gasteiger partial charge in [-0.25, -0.2) is 4.98 Å².